The van der Waals surface area contributed by atoms with Crippen LogP contribution in [0.4, 0.5) is 0 Å². The third-order valence-corrected chi connectivity index (χ3v) is 2.46. The second kappa shape index (κ2) is 11.0. The first-order valence-electron chi connectivity index (χ1n) is 5.91. The normalized spacial score (nSPS) is 10.5. The molecular formula is C12H26. The van der Waals surface area contributed by atoms with E-state index in [1.165, 1.54) is 64.2 Å². The molecule has 0 radical (unpaired) electrons. The fraction of sp³-hybridized carbons (Fsp3) is 1.00. The molecule has 0 aromatic heterocycles. The number of hydrogen-bond acceptors (Lipinski definition) is 0. The summed E-state index contributed by atoms with van der Waals surface area (Å²) in [5, 5.41) is 0. The standard InChI is InChI=1S/C12H26/c1-3-5-7-9-11-12-10-8-6-4-2/h3-12H2,1-2H3/i1+1,2+1,3+1,4+1,5+1,6+1,7+1,8+1,9+1,10+1,11+1,12+1. The average Bonchev–Trinajstić information content (AvgIpc) is 2.10. The largest absolute Gasteiger partial charge is 0.0654 e. The summed E-state index contributed by atoms with van der Waals surface area (Å²) in [6, 6.07) is 0. The van der Waals surface area contributed by atoms with Gasteiger partial charge in [-0.25, -0.2) is 0 Å². The molecule has 74 valence electrons. The Hall–Kier alpha value is 0. The van der Waals surface area contributed by atoms with Crippen molar-refractivity contribution in [3.05, 3.63) is 0 Å². The van der Waals surface area contributed by atoms with E-state index in [0.29, 0.717) is 0 Å². The van der Waals surface area contributed by atoms with Crippen LogP contribution in [0.25, 0.3) is 0 Å². The van der Waals surface area contributed by atoms with Crippen LogP contribution in [-0.2, 0) is 0 Å². The van der Waals surface area contributed by atoms with Gasteiger partial charge in [-0.1, -0.05) is 78.1 Å². The molecule has 0 fully saturated rings. The molecule has 0 aliphatic heterocycles. The monoisotopic (exact) mass is 182 g/mol. The minimum absolute atomic E-state index is 1.37. The van der Waals surface area contributed by atoms with Gasteiger partial charge in [-0.3, -0.25) is 0 Å². The van der Waals surface area contributed by atoms with Gasteiger partial charge >= 0.3 is 0 Å². The fourth-order valence-electron chi connectivity index (χ4n) is 1.56. The Balaban J connectivity index is 2.73. The summed E-state index contributed by atoms with van der Waals surface area (Å²) < 4.78 is 0. The Morgan fingerprint density at radius 3 is 0.917 bits per heavy atom. The van der Waals surface area contributed by atoms with Crippen LogP contribution in [0.1, 0.15) is 78.1 Å². The van der Waals surface area contributed by atoms with Gasteiger partial charge in [-0.2, -0.15) is 0 Å². The second-order valence-electron chi connectivity index (χ2n) is 3.83. The van der Waals surface area contributed by atoms with Crippen molar-refractivity contribution in [1.29, 1.82) is 0 Å². The third-order valence-electron chi connectivity index (χ3n) is 2.46. The predicted molar refractivity (Wildman–Crippen MR) is 57.5 cm³/mol. The molecule has 0 nitrogen and oxygen atoms in total. The van der Waals surface area contributed by atoms with Gasteiger partial charge in [-0.05, 0) is 0 Å². The highest BCUT2D eigenvalue weighted by Gasteiger charge is 1.90. The third kappa shape index (κ3) is 10.0. The molecule has 0 aromatic carbocycles. The van der Waals surface area contributed by atoms with Crippen LogP contribution in [0.5, 0.6) is 0 Å². The lowest BCUT2D eigenvalue weighted by Gasteiger charge is -1.99. The van der Waals surface area contributed by atoms with Crippen molar-refractivity contribution in [2.24, 2.45) is 0 Å². The van der Waals surface area contributed by atoms with E-state index in [1.54, 1.807) is 0 Å². The Bertz CT molecular complexity index is 56.4. The smallest absolute Gasteiger partial charge is 0.0533 e. The zero-order chi connectivity index (χ0) is 9.07. The van der Waals surface area contributed by atoms with Crippen LogP contribution in [0.3, 0.4) is 0 Å². The van der Waals surface area contributed by atoms with Gasteiger partial charge < -0.3 is 0 Å². The molecular weight excluding hydrogens is 156 g/mol. The van der Waals surface area contributed by atoms with Gasteiger partial charge in [0.2, 0.25) is 0 Å². The van der Waals surface area contributed by atoms with Gasteiger partial charge in [0.25, 0.3) is 0 Å². The van der Waals surface area contributed by atoms with Gasteiger partial charge in [0, 0.05) is 0 Å². The summed E-state index contributed by atoms with van der Waals surface area (Å²) in [7, 11) is 0. The van der Waals surface area contributed by atoms with Crippen molar-refractivity contribution in [1.82, 2.24) is 0 Å². The van der Waals surface area contributed by atoms with E-state index >= 15 is 0 Å². The van der Waals surface area contributed by atoms with E-state index in [1.807, 2.05) is 0 Å². The summed E-state index contributed by atoms with van der Waals surface area (Å²) in [4.78, 5) is 0. The van der Waals surface area contributed by atoms with Crippen LogP contribution >= 0.6 is 0 Å². The Morgan fingerprint density at radius 1 is 0.417 bits per heavy atom. The van der Waals surface area contributed by atoms with Crippen LogP contribution in [0.2, 0.25) is 0 Å². The van der Waals surface area contributed by atoms with Gasteiger partial charge in [0.05, 0.1) is 0 Å². The highest BCUT2D eigenvalue weighted by molar-refractivity contribution is 4.45. The summed E-state index contributed by atoms with van der Waals surface area (Å²) in [5.41, 5.74) is 0. The van der Waals surface area contributed by atoms with E-state index < -0.39 is 0 Å². The lowest BCUT2D eigenvalue weighted by molar-refractivity contribution is 0.562. The van der Waals surface area contributed by atoms with Crippen molar-refractivity contribution in [3.8, 4) is 0 Å². The average molecular weight is 182 g/mol. The summed E-state index contributed by atoms with van der Waals surface area (Å²) in [5.74, 6) is 0. The Kier molecular flexibility index (Phi) is 11.0. The van der Waals surface area contributed by atoms with E-state index in [0.717, 1.165) is 0 Å². The lowest BCUT2D eigenvalue weighted by Crippen LogP contribution is -1.80. The molecule has 0 aromatic rings. The summed E-state index contributed by atoms with van der Waals surface area (Å²) in [6.07, 6.45) is 14.4. The molecule has 0 atom stereocenters. The molecule has 0 spiro atoms. The first kappa shape index (κ1) is 12.0. The summed E-state index contributed by atoms with van der Waals surface area (Å²) in [6.45, 7) is 4.56. The van der Waals surface area contributed by atoms with E-state index in [4.69, 9.17) is 0 Å². The van der Waals surface area contributed by atoms with E-state index in [9.17, 15) is 0 Å². The molecule has 0 heterocycles. The predicted octanol–water partition coefficient (Wildman–Crippen LogP) is 4.93. The maximum atomic E-state index is 2.28. The van der Waals surface area contributed by atoms with Crippen LogP contribution in [-0.4, -0.2) is 0 Å². The first-order chi connectivity index (χ1) is 5.91. The first-order valence-corrected chi connectivity index (χ1v) is 5.91. The van der Waals surface area contributed by atoms with Crippen LogP contribution in [0.15, 0.2) is 0 Å². The molecule has 12 heavy (non-hydrogen) atoms. The Morgan fingerprint density at radius 2 is 0.667 bits per heavy atom. The van der Waals surface area contributed by atoms with Crippen molar-refractivity contribution in [2.75, 3.05) is 0 Å². The van der Waals surface area contributed by atoms with E-state index in [-0.39, 0.29) is 0 Å². The molecule has 0 heteroatoms. The van der Waals surface area contributed by atoms with Gasteiger partial charge in [0.15, 0.2) is 0 Å². The summed E-state index contributed by atoms with van der Waals surface area (Å²) >= 11 is 0. The highest BCUT2D eigenvalue weighted by Crippen LogP contribution is 2.09. The minimum atomic E-state index is 1.37. The van der Waals surface area contributed by atoms with Gasteiger partial charge in [0.1, 0.15) is 0 Å². The molecule has 0 rings (SSSR count). The highest BCUT2D eigenvalue weighted by atomic mass is 15.0. The van der Waals surface area contributed by atoms with Gasteiger partial charge in [-0.15, -0.1) is 0 Å². The molecule has 0 saturated carbocycles. The second-order valence-corrected chi connectivity index (χ2v) is 3.83. The number of hydrogen-bond donors (Lipinski definition) is 0. The zero-order valence-corrected chi connectivity index (χ0v) is 9.07. The maximum Gasteiger partial charge on any atom is -0.0533 e. The molecule has 0 bridgehead atoms. The Labute approximate surface area is 78.8 Å². The van der Waals surface area contributed by atoms with Crippen LogP contribution < -0.4 is 0 Å². The molecule has 0 aliphatic rings. The topological polar surface area (TPSA) is 0 Å². The number of unbranched alkanes of at least 4 members (excludes halogenated alkanes) is 9. The van der Waals surface area contributed by atoms with Crippen molar-refractivity contribution in [2.45, 2.75) is 78.1 Å². The molecule has 0 N–H and O–H groups in total. The SMILES string of the molecule is [13CH3][13CH2][13CH2][13CH2][13CH2][13CH2][13CH2][13CH2][13CH2][13CH2][13CH2][13CH3]. The number of rotatable bonds is 9. The fourth-order valence-corrected chi connectivity index (χ4v) is 1.56. The quantitative estimate of drug-likeness (QED) is 0.350. The zero-order valence-electron chi connectivity index (χ0n) is 9.07. The van der Waals surface area contributed by atoms with Crippen LogP contribution in [0, 0.1) is 0 Å². The molecule has 0 saturated heterocycles. The maximum absolute atomic E-state index is 2.28. The molecule has 0 aliphatic carbocycles. The molecule has 0 amide bonds. The van der Waals surface area contributed by atoms with Crippen molar-refractivity contribution >= 4 is 0 Å². The van der Waals surface area contributed by atoms with E-state index in [2.05, 4.69) is 13.8 Å². The van der Waals surface area contributed by atoms with Crippen molar-refractivity contribution < 1.29 is 0 Å². The van der Waals surface area contributed by atoms with Crippen molar-refractivity contribution in [3.63, 3.8) is 0 Å². The minimum Gasteiger partial charge on any atom is -0.0654 e. The molecule has 0 unspecified atom stereocenters. The lowest BCUT2D eigenvalue weighted by atomic mass is 11.1.